The van der Waals surface area contributed by atoms with Crippen LogP contribution in [-0.2, 0) is 6.54 Å². The Balaban J connectivity index is 1.77. The van der Waals surface area contributed by atoms with Crippen molar-refractivity contribution in [2.75, 3.05) is 7.05 Å². The summed E-state index contributed by atoms with van der Waals surface area (Å²) in [6, 6.07) is 8.55. The highest BCUT2D eigenvalue weighted by Crippen LogP contribution is 2.39. The summed E-state index contributed by atoms with van der Waals surface area (Å²) in [7, 11) is 1.64. The van der Waals surface area contributed by atoms with Gasteiger partial charge in [0, 0.05) is 24.4 Å². The van der Waals surface area contributed by atoms with Crippen LogP contribution in [0.25, 0.3) is 0 Å². The Hall–Kier alpha value is -2.70. The molecule has 1 fully saturated rings. The summed E-state index contributed by atoms with van der Waals surface area (Å²) in [5.74, 6) is 0.411. The molecule has 1 amide bonds. The molecule has 25 heavy (non-hydrogen) atoms. The molecule has 7 heteroatoms. The first-order valence-corrected chi connectivity index (χ1v) is 8.42. The van der Waals surface area contributed by atoms with Crippen LogP contribution in [-0.4, -0.2) is 32.6 Å². The van der Waals surface area contributed by atoms with E-state index in [9.17, 15) is 14.9 Å². The number of hydrogen-bond donors (Lipinski definition) is 0. The second-order valence-electron chi connectivity index (χ2n) is 6.74. The van der Waals surface area contributed by atoms with Crippen LogP contribution in [0.15, 0.2) is 30.3 Å². The number of nitro groups is 1. The number of carbonyl (C=O) groups excluding carboxylic acids is 1. The molecule has 0 saturated heterocycles. The van der Waals surface area contributed by atoms with Gasteiger partial charge in [-0.3, -0.25) is 19.6 Å². The minimum absolute atomic E-state index is 0.0196. The monoisotopic (exact) mass is 342 g/mol. The van der Waals surface area contributed by atoms with Crippen molar-refractivity contribution in [2.24, 2.45) is 5.92 Å². The highest BCUT2D eigenvalue weighted by Gasteiger charge is 2.31. The molecule has 1 saturated carbocycles. The molecule has 1 atom stereocenters. The van der Waals surface area contributed by atoms with Crippen LogP contribution in [0.2, 0.25) is 0 Å². The van der Waals surface area contributed by atoms with Crippen LogP contribution >= 0.6 is 0 Å². The van der Waals surface area contributed by atoms with E-state index in [4.69, 9.17) is 0 Å². The molecular formula is C18H22N4O3. The maximum absolute atomic E-state index is 12.7. The Morgan fingerprint density at radius 3 is 2.76 bits per heavy atom. The Labute approximate surface area is 146 Å². The van der Waals surface area contributed by atoms with E-state index in [2.05, 4.69) is 12.0 Å². The lowest BCUT2D eigenvalue weighted by Crippen LogP contribution is -2.27. The Morgan fingerprint density at radius 2 is 2.12 bits per heavy atom. The average molecular weight is 342 g/mol. The molecule has 1 aromatic heterocycles. The van der Waals surface area contributed by atoms with Crippen LogP contribution in [0, 0.1) is 23.0 Å². The van der Waals surface area contributed by atoms with Crippen molar-refractivity contribution in [3.63, 3.8) is 0 Å². The lowest BCUT2D eigenvalue weighted by atomic mass is 10.1. The number of nitrogens with zero attached hydrogens (tertiary/aromatic N) is 4. The predicted octanol–water partition coefficient (Wildman–Crippen LogP) is 3.34. The number of hydrogen-bond acceptors (Lipinski definition) is 4. The van der Waals surface area contributed by atoms with Gasteiger partial charge in [0.2, 0.25) is 0 Å². The minimum atomic E-state index is -0.427. The fourth-order valence-corrected chi connectivity index (χ4v) is 3.13. The quantitative estimate of drug-likeness (QED) is 0.595. The first-order valence-electron chi connectivity index (χ1n) is 8.42. The van der Waals surface area contributed by atoms with E-state index in [-0.39, 0.29) is 18.1 Å². The number of aromatic nitrogens is 2. The third-order valence-electron chi connectivity index (χ3n) is 4.77. The standard InChI is InChI=1S/C18H22N4O3/c1-12-10-16(19-21(12)13(2)14-8-9-14)18(23)20(3)11-15-6-4-5-7-17(15)22(24)25/h4-7,10,13-14H,8-9,11H2,1-3H3/t13-/m1/s1. The summed E-state index contributed by atoms with van der Waals surface area (Å²) >= 11 is 0. The highest BCUT2D eigenvalue weighted by atomic mass is 16.6. The summed E-state index contributed by atoms with van der Waals surface area (Å²) in [6.07, 6.45) is 2.42. The van der Waals surface area contributed by atoms with Gasteiger partial charge in [-0.25, -0.2) is 0 Å². The van der Waals surface area contributed by atoms with Gasteiger partial charge in [0.15, 0.2) is 5.69 Å². The molecule has 0 N–H and O–H groups in total. The average Bonchev–Trinajstić information content (AvgIpc) is 3.36. The van der Waals surface area contributed by atoms with Crippen LogP contribution in [0.4, 0.5) is 5.69 Å². The number of benzene rings is 1. The SMILES string of the molecule is Cc1cc(C(=O)N(C)Cc2ccccc2[N+](=O)[O-])nn1[C@H](C)C1CC1. The van der Waals surface area contributed by atoms with E-state index in [1.54, 1.807) is 31.3 Å². The molecule has 1 aromatic carbocycles. The fraction of sp³-hybridized carbons (Fsp3) is 0.444. The third kappa shape index (κ3) is 3.55. The molecule has 0 radical (unpaired) electrons. The lowest BCUT2D eigenvalue weighted by Gasteiger charge is -2.16. The van der Waals surface area contributed by atoms with Crippen LogP contribution in [0.1, 0.15) is 47.6 Å². The van der Waals surface area contributed by atoms with Gasteiger partial charge in [0.1, 0.15) is 0 Å². The van der Waals surface area contributed by atoms with E-state index in [1.807, 2.05) is 11.6 Å². The summed E-state index contributed by atoms with van der Waals surface area (Å²) in [6.45, 7) is 4.24. The van der Waals surface area contributed by atoms with Gasteiger partial charge in [-0.05, 0) is 38.7 Å². The zero-order chi connectivity index (χ0) is 18.1. The predicted molar refractivity (Wildman–Crippen MR) is 93.3 cm³/mol. The number of amides is 1. The topological polar surface area (TPSA) is 81.3 Å². The van der Waals surface area contributed by atoms with Crippen molar-refractivity contribution < 1.29 is 9.72 Å². The van der Waals surface area contributed by atoms with Crippen LogP contribution in [0.3, 0.4) is 0 Å². The van der Waals surface area contributed by atoms with Crippen molar-refractivity contribution in [3.8, 4) is 0 Å². The molecular weight excluding hydrogens is 320 g/mol. The van der Waals surface area contributed by atoms with Gasteiger partial charge in [-0.2, -0.15) is 5.10 Å². The van der Waals surface area contributed by atoms with Crippen molar-refractivity contribution in [1.82, 2.24) is 14.7 Å². The van der Waals surface area contributed by atoms with Gasteiger partial charge in [0.25, 0.3) is 11.6 Å². The Morgan fingerprint density at radius 1 is 1.44 bits per heavy atom. The summed E-state index contributed by atoms with van der Waals surface area (Å²) in [5, 5.41) is 15.6. The number of aryl methyl sites for hydroxylation is 1. The second-order valence-corrected chi connectivity index (χ2v) is 6.74. The molecule has 1 heterocycles. The fourth-order valence-electron chi connectivity index (χ4n) is 3.13. The summed E-state index contributed by atoms with van der Waals surface area (Å²) < 4.78 is 1.92. The molecule has 7 nitrogen and oxygen atoms in total. The Kier molecular flexibility index (Phi) is 4.57. The molecule has 0 unspecified atom stereocenters. The zero-order valence-electron chi connectivity index (χ0n) is 14.7. The van der Waals surface area contributed by atoms with Crippen LogP contribution < -0.4 is 0 Å². The van der Waals surface area contributed by atoms with Gasteiger partial charge in [0.05, 0.1) is 17.5 Å². The molecule has 132 valence electrons. The molecule has 0 spiro atoms. The second kappa shape index (κ2) is 6.66. The van der Waals surface area contributed by atoms with E-state index < -0.39 is 4.92 Å². The number of para-hydroxylation sites is 1. The van der Waals surface area contributed by atoms with Gasteiger partial charge in [-0.1, -0.05) is 18.2 Å². The molecule has 1 aliphatic carbocycles. The molecule has 1 aliphatic rings. The number of carbonyl (C=O) groups is 1. The minimum Gasteiger partial charge on any atom is -0.336 e. The third-order valence-corrected chi connectivity index (χ3v) is 4.77. The first kappa shape index (κ1) is 17.1. The Bertz CT molecular complexity index is 810. The van der Waals surface area contributed by atoms with Gasteiger partial charge in [-0.15, -0.1) is 0 Å². The van der Waals surface area contributed by atoms with Crippen LogP contribution in [0.5, 0.6) is 0 Å². The first-order chi connectivity index (χ1) is 11.9. The molecule has 2 aromatic rings. The summed E-state index contributed by atoms with van der Waals surface area (Å²) in [4.78, 5) is 24.8. The maximum atomic E-state index is 12.7. The zero-order valence-corrected chi connectivity index (χ0v) is 14.7. The largest absolute Gasteiger partial charge is 0.336 e. The smallest absolute Gasteiger partial charge is 0.274 e. The molecule has 3 rings (SSSR count). The molecule has 0 aliphatic heterocycles. The van der Waals surface area contributed by atoms with E-state index in [0.29, 0.717) is 23.2 Å². The van der Waals surface area contributed by atoms with Gasteiger partial charge >= 0.3 is 0 Å². The van der Waals surface area contributed by atoms with Crippen molar-refractivity contribution >= 4 is 11.6 Å². The summed E-state index contributed by atoms with van der Waals surface area (Å²) in [5.41, 5.74) is 1.87. The number of nitro benzene ring substituents is 1. The van der Waals surface area contributed by atoms with E-state index in [1.165, 1.54) is 23.8 Å². The van der Waals surface area contributed by atoms with Gasteiger partial charge < -0.3 is 4.90 Å². The normalized spacial score (nSPS) is 15.0. The van der Waals surface area contributed by atoms with Crippen molar-refractivity contribution in [3.05, 3.63) is 57.4 Å². The lowest BCUT2D eigenvalue weighted by molar-refractivity contribution is -0.385. The van der Waals surface area contributed by atoms with E-state index in [0.717, 1.165) is 5.69 Å². The number of rotatable bonds is 6. The molecule has 0 bridgehead atoms. The van der Waals surface area contributed by atoms with Crippen molar-refractivity contribution in [2.45, 2.75) is 39.3 Å². The maximum Gasteiger partial charge on any atom is 0.274 e. The van der Waals surface area contributed by atoms with Crippen molar-refractivity contribution in [1.29, 1.82) is 0 Å². The highest BCUT2D eigenvalue weighted by molar-refractivity contribution is 5.92. The van der Waals surface area contributed by atoms with E-state index >= 15 is 0 Å².